The number of hydrogen-bond donors (Lipinski definition) is 1. The van der Waals surface area contributed by atoms with Crippen LogP contribution in [-0.4, -0.2) is 13.4 Å². The second-order valence-electron chi connectivity index (χ2n) is 4.33. The Morgan fingerprint density at radius 3 is 2.38 bits per heavy atom. The van der Waals surface area contributed by atoms with Gasteiger partial charge in [-0.1, -0.05) is 6.07 Å². The van der Waals surface area contributed by atoms with Crippen LogP contribution in [0.5, 0.6) is 0 Å². The first-order chi connectivity index (χ1) is 9.70. The van der Waals surface area contributed by atoms with Gasteiger partial charge in [-0.15, -0.1) is 0 Å². The average molecular weight is 316 g/mol. The van der Waals surface area contributed by atoms with Crippen LogP contribution in [0, 0.1) is 0 Å². The summed E-state index contributed by atoms with van der Waals surface area (Å²) in [6, 6.07) is 6.94. The van der Waals surface area contributed by atoms with E-state index in [1.54, 1.807) is 12.1 Å². The van der Waals surface area contributed by atoms with Crippen molar-refractivity contribution in [2.75, 3.05) is 5.73 Å². The van der Waals surface area contributed by atoms with Crippen molar-refractivity contribution < 1.29 is 21.6 Å². The summed E-state index contributed by atoms with van der Waals surface area (Å²) in [5, 5.41) is 0. The molecular weight excluding hydrogens is 305 g/mol. The molecule has 0 saturated carbocycles. The molecule has 0 fully saturated rings. The zero-order valence-electron chi connectivity index (χ0n) is 10.6. The number of alkyl halides is 3. The van der Waals surface area contributed by atoms with Gasteiger partial charge in [-0.3, -0.25) is 4.98 Å². The summed E-state index contributed by atoms with van der Waals surface area (Å²) in [5.41, 5.74) is 4.33. The van der Waals surface area contributed by atoms with E-state index >= 15 is 0 Å². The van der Waals surface area contributed by atoms with Gasteiger partial charge in [0.1, 0.15) is 0 Å². The first-order valence-electron chi connectivity index (χ1n) is 5.79. The highest BCUT2D eigenvalue weighted by Gasteiger charge is 2.32. The molecule has 1 heterocycles. The smallest absolute Gasteiger partial charge is 0.398 e. The van der Waals surface area contributed by atoms with Gasteiger partial charge in [0, 0.05) is 6.20 Å². The van der Waals surface area contributed by atoms with Crippen molar-refractivity contribution >= 4 is 15.5 Å². The van der Waals surface area contributed by atoms with Crippen LogP contribution in [0.1, 0.15) is 11.3 Å². The fraction of sp³-hybridized carbons (Fsp3) is 0.154. The minimum atomic E-state index is -4.57. The van der Waals surface area contributed by atoms with Gasteiger partial charge in [-0.25, -0.2) is 8.42 Å². The Kier molecular flexibility index (Phi) is 3.91. The predicted molar refractivity (Wildman–Crippen MR) is 71.0 cm³/mol. The molecule has 1 aromatic heterocycles. The van der Waals surface area contributed by atoms with Gasteiger partial charge in [0.25, 0.3) is 0 Å². The number of nitrogens with zero attached hydrogens (tertiary/aromatic N) is 1. The van der Waals surface area contributed by atoms with Crippen LogP contribution in [0.15, 0.2) is 47.5 Å². The van der Waals surface area contributed by atoms with E-state index in [0.29, 0.717) is 12.1 Å². The zero-order chi connectivity index (χ0) is 15.7. The van der Waals surface area contributed by atoms with Gasteiger partial charge < -0.3 is 5.73 Å². The highest BCUT2D eigenvalue weighted by molar-refractivity contribution is 7.90. The SMILES string of the molecule is Nc1cc(C(F)(F)F)ccc1S(=O)(=O)Cc1ccccn1. The molecule has 0 amide bonds. The van der Waals surface area contributed by atoms with Crippen molar-refractivity contribution in [2.24, 2.45) is 0 Å². The van der Waals surface area contributed by atoms with E-state index in [-0.39, 0.29) is 10.6 Å². The summed E-state index contributed by atoms with van der Waals surface area (Å²) in [6.07, 6.45) is -3.14. The van der Waals surface area contributed by atoms with Gasteiger partial charge in [-0.2, -0.15) is 13.2 Å². The van der Waals surface area contributed by atoms with Gasteiger partial charge in [0.2, 0.25) is 0 Å². The molecule has 112 valence electrons. The number of anilines is 1. The molecule has 0 spiro atoms. The quantitative estimate of drug-likeness (QED) is 0.884. The standard InChI is InChI=1S/C13H11F3N2O2S/c14-13(15,16)9-4-5-12(11(17)7-9)21(19,20)8-10-3-1-2-6-18-10/h1-7H,8,17H2. The summed E-state index contributed by atoms with van der Waals surface area (Å²) in [6.45, 7) is 0. The lowest BCUT2D eigenvalue weighted by atomic mass is 10.2. The lowest BCUT2D eigenvalue weighted by Crippen LogP contribution is -2.11. The van der Waals surface area contributed by atoms with Crippen LogP contribution in [0.4, 0.5) is 18.9 Å². The average Bonchev–Trinajstić information content (AvgIpc) is 2.37. The first-order valence-corrected chi connectivity index (χ1v) is 7.45. The number of nitrogens with two attached hydrogens (primary N) is 1. The largest absolute Gasteiger partial charge is 0.416 e. The fourth-order valence-electron chi connectivity index (χ4n) is 1.76. The Morgan fingerprint density at radius 1 is 1.14 bits per heavy atom. The second-order valence-corrected chi connectivity index (χ2v) is 6.29. The second kappa shape index (κ2) is 5.36. The molecule has 0 atom stereocenters. The molecular formula is C13H11F3N2O2S. The predicted octanol–water partition coefficient (Wildman–Crippen LogP) is 2.66. The molecule has 0 aliphatic carbocycles. The van der Waals surface area contributed by atoms with Crippen LogP contribution in [0.25, 0.3) is 0 Å². The lowest BCUT2D eigenvalue weighted by Gasteiger charge is -2.11. The number of rotatable bonds is 3. The fourth-order valence-corrected chi connectivity index (χ4v) is 3.17. The number of pyridine rings is 1. The minimum absolute atomic E-state index is 0.289. The lowest BCUT2D eigenvalue weighted by molar-refractivity contribution is -0.137. The number of hydrogen-bond acceptors (Lipinski definition) is 4. The number of nitrogen functional groups attached to an aromatic ring is 1. The topological polar surface area (TPSA) is 73.1 Å². The minimum Gasteiger partial charge on any atom is -0.398 e. The molecule has 0 radical (unpaired) electrons. The molecule has 2 N–H and O–H groups in total. The summed E-state index contributed by atoms with van der Waals surface area (Å²) in [7, 11) is -3.86. The van der Waals surface area contributed by atoms with Crippen LogP contribution in [-0.2, 0) is 21.8 Å². The van der Waals surface area contributed by atoms with Crippen LogP contribution in [0.2, 0.25) is 0 Å². The maximum absolute atomic E-state index is 12.5. The Labute approximate surface area is 119 Å². The zero-order valence-corrected chi connectivity index (χ0v) is 11.4. The van der Waals surface area contributed by atoms with E-state index in [4.69, 9.17) is 5.73 Å². The normalized spacial score (nSPS) is 12.3. The van der Waals surface area contributed by atoms with Crippen LogP contribution in [0.3, 0.4) is 0 Å². The highest BCUT2D eigenvalue weighted by Crippen LogP contribution is 2.33. The maximum atomic E-state index is 12.5. The summed E-state index contributed by atoms with van der Waals surface area (Å²) < 4.78 is 61.9. The van der Waals surface area contributed by atoms with E-state index in [9.17, 15) is 21.6 Å². The molecule has 8 heteroatoms. The van der Waals surface area contributed by atoms with E-state index in [1.165, 1.54) is 12.3 Å². The van der Waals surface area contributed by atoms with E-state index in [1.807, 2.05) is 0 Å². The van der Waals surface area contributed by atoms with E-state index in [2.05, 4.69) is 4.98 Å². The molecule has 0 unspecified atom stereocenters. The number of halogens is 3. The van der Waals surface area contributed by atoms with Crippen molar-refractivity contribution in [3.63, 3.8) is 0 Å². The van der Waals surface area contributed by atoms with Crippen molar-refractivity contribution in [1.29, 1.82) is 0 Å². The van der Waals surface area contributed by atoms with E-state index < -0.39 is 33.0 Å². The monoisotopic (exact) mass is 316 g/mol. The number of benzene rings is 1. The summed E-state index contributed by atoms with van der Waals surface area (Å²) in [5.74, 6) is -0.427. The van der Waals surface area contributed by atoms with Gasteiger partial charge in [0.15, 0.2) is 9.84 Å². The van der Waals surface area contributed by atoms with Crippen molar-refractivity contribution in [1.82, 2.24) is 4.98 Å². The molecule has 2 rings (SSSR count). The van der Waals surface area contributed by atoms with Crippen LogP contribution < -0.4 is 5.73 Å². The molecule has 0 saturated heterocycles. The molecule has 0 aliphatic heterocycles. The Balaban J connectivity index is 2.37. The highest BCUT2D eigenvalue weighted by atomic mass is 32.2. The Morgan fingerprint density at radius 2 is 1.86 bits per heavy atom. The Hall–Kier alpha value is -2.09. The molecule has 2 aromatic rings. The summed E-state index contributed by atoms with van der Waals surface area (Å²) in [4.78, 5) is 3.54. The summed E-state index contributed by atoms with van der Waals surface area (Å²) >= 11 is 0. The third-order valence-electron chi connectivity index (χ3n) is 2.74. The molecule has 4 nitrogen and oxygen atoms in total. The third-order valence-corrected chi connectivity index (χ3v) is 4.45. The molecule has 0 aliphatic rings. The number of sulfone groups is 1. The van der Waals surface area contributed by atoms with Gasteiger partial charge in [-0.05, 0) is 30.3 Å². The molecule has 21 heavy (non-hydrogen) atoms. The third kappa shape index (κ3) is 3.52. The van der Waals surface area contributed by atoms with E-state index in [0.717, 1.165) is 6.07 Å². The van der Waals surface area contributed by atoms with Crippen molar-refractivity contribution in [3.05, 3.63) is 53.9 Å². The van der Waals surface area contributed by atoms with Crippen molar-refractivity contribution in [2.45, 2.75) is 16.8 Å². The maximum Gasteiger partial charge on any atom is 0.416 e. The molecule has 1 aromatic carbocycles. The van der Waals surface area contributed by atoms with Crippen molar-refractivity contribution in [3.8, 4) is 0 Å². The van der Waals surface area contributed by atoms with Crippen LogP contribution >= 0.6 is 0 Å². The number of aromatic nitrogens is 1. The van der Waals surface area contributed by atoms with Gasteiger partial charge >= 0.3 is 6.18 Å². The molecule has 0 bridgehead atoms. The first kappa shape index (κ1) is 15.3. The van der Waals surface area contributed by atoms with Gasteiger partial charge in [0.05, 0.1) is 27.6 Å². The Bertz CT molecular complexity index is 744.